The molecule has 3 fully saturated rings. The molecule has 0 aliphatic heterocycles. The zero-order valence-corrected chi connectivity index (χ0v) is 12.6. The second-order valence-electron chi connectivity index (χ2n) is 7.80. The minimum absolute atomic E-state index is 0.319. The maximum Gasteiger partial charge on any atom is 0.394 e. The third kappa shape index (κ3) is 3.11. The van der Waals surface area contributed by atoms with Crippen molar-refractivity contribution in [2.24, 2.45) is 22.7 Å². The monoisotopic (exact) mass is 368 g/mol. The Hall–Kier alpha value is -0.630. The molecule has 3 rings (SSSR count). The average molecular weight is 368 g/mol. The van der Waals surface area contributed by atoms with Crippen molar-refractivity contribution in [3.05, 3.63) is 0 Å². The van der Waals surface area contributed by atoms with E-state index in [0.717, 1.165) is 0 Å². The van der Waals surface area contributed by atoms with Crippen LogP contribution in [0.3, 0.4) is 0 Å². The molecule has 0 saturated heterocycles. The molecule has 0 amide bonds. The smallest absolute Gasteiger partial charge is 0.211 e. The van der Waals surface area contributed by atoms with Crippen molar-refractivity contribution < 1.29 is 39.5 Å². The lowest BCUT2D eigenvalue weighted by Gasteiger charge is -2.38. The van der Waals surface area contributed by atoms with Gasteiger partial charge in [0.2, 0.25) is 6.43 Å². The lowest BCUT2D eigenvalue weighted by molar-refractivity contribution is -0.201. The second kappa shape index (κ2) is 4.96. The predicted octanol–water partition coefficient (Wildman–Crippen LogP) is 6.06. The van der Waals surface area contributed by atoms with E-state index in [2.05, 4.69) is 0 Å². The van der Waals surface area contributed by atoms with Gasteiger partial charge in [-0.3, -0.25) is 0 Å². The van der Waals surface area contributed by atoms with Crippen LogP contribution in [-0.4, -0.2) is 24.4 Å². The fourth-order valence-electron chi connectivity index (χ4n) is 4.19. The van der Waals surface area contributed by atoms with Gasteiger partial charge in [0.25, 0.3) is 11.8 Å². The average Bonchev–Trinajstić information content (AvgIpc) is 3.26. The van der Waals surface area contributed by atoms with Crippen molar-refractivity contribution in [1.82, 2.24) is 0 Å². The zero-order valence-electron chi connectivity index (χ0n) is 12.6. The maximum absolute atomic E-state index is 13.6. The Balaban J connectivity index is 1.89. The molecular formula is C15H17F9. The van der Waals surface area contributed by atoms with Crippen molar-refractivity contribution >= 4 is 0 Å². The summed E-state index contributed by atoms with van der Waals surface area (Å²) >= 11 is 0. The quantitative estimate of drug-likeness (QED) is 0.479. The molecule has 3 atom stereocenters. The molecule has 3 aliphatic rings. The maximum atomic E-state index is 13.6. The van der Waals surface area contributed by atoms with E-state index in [9.17, 15) is 39.5 Å². The molecule has 3 saturated carbocycles. The fraction of sp³-hybridized carbons (Fsp3) is 1.00. The van der Waals surface area contributed by atoms with E-state index in [1.165, 1.54) is 0 Å². The highest BCUT2D eigenvalue weighted by molar-refractivity contribution is 5.14. The summed E-state index contributed by atoms with van der Waals surface area (Å²) in [5.41, 5.74) is -4.36. The molecule has 0 aromatic rings. The van der Waals surface area contributed by atoms with E-state index < -0.39 is 79.2 Å². The van der Waals surface area contributed by atoms with Gasteiger partial charge < -0.3 is 0 Å². The first-order valence-corrected chi connectivity index (χ1v) is 7.84. The number of alkyl halides is 9. The van der Waals surface area contributed by atoms with Crippen LogP contribution in [0.25, 0.3) is 0 Å². The standard InChI is InChI=1S/C15H17F9/c16-10(17)6-11(9-5-14(9,20)21,3-8-4-13(8,18)19)7-12(1-2-12)15(22,23)24/h8-10H,1-7H2/t8-,9+,11?/m0/s1. The first-order chi connectivity index (χ1) is 10.7. The zero-order chi connectivity index (χ0) is 18.2. The number of halogens is 9. The second-order valence-corrected chi connectivity index (χ2v) is 7.80. The molecule has 24 heavy (non-hydrogen) atoms. The number of hydrogen-bond acceptors (Lipinski definition) is 0. The van der Waals surface area contributed by atoms with Gasteiger partial charge in [-0.2, -0.15) is 13.2 Å². The number of rotatable bonds is 7. The first-order valence-electron chi connectivity index (χ1n) is 7.84. The minimum Gasteiger partial charge on any atom is -0.211 e. The normalized spacial score (nSPS) is 34.8. The van der Waals surface area contributed by atoms with Gasteiger partial charge in [0.15, 0.2) is 0 Å². The lowest BCUT2D eigenvalue weighted by atomic mass is 9.67. The molecule has 0 aromatic carbocycles. The molecule has 0 aromatic heterocycles. The predicted molar refractivity (Wildman–Crippen MR) is 66.1 cm³/mol. The topological polar surface area (TPSA) is 0 Å². The van der Waals surface area contributed by atoms with Crippen LogP contribution < -0.4 is 0 Å². The van der Waals surface area contributed by atoms with Crippen LogP contribution >= 0.6 is 0 Å². The Kier molecular flexibility index (Phi) is 3.76. The molecule has 1 unspecified atom stereocenters. The lowest BCUT2D eigenvalue weighted by Crippen LogP contribution is -2.38. The summed E-state index contributed by atoms with van der Waals surface area (Å²) in [5, 5.41) is 0. The summed E-state index contributed by atoms with van der Waals surface area (Å²) in [6, 6.07) is 0. The molecule has 0 heterocycles. The van der Waals surface area contributed by atoms with Crippen molar-refractivity contribution in [2.45, 2.75) is 69.4 Å². The van der Waals surface area contributed by atoms with Gasteiger partial charge >= 0.3 is 6.18 Å². The van der Waals surface area contributed by atoms with E-state index in [1.807, 2.05) is 0 Å². The molecule has 0 bridgehead atoms. The van der Waals surface area contributed by atoms with Crippen molar-refractivity contribution in [1.29, 1.82) is 0 Å². The Labute approximate surface area is 132 Å². The SMILES string of the molecule is FC(F)CC(C[C@H]1CC1(F)F)(CC1(C(F)(F)F)CC1)[C@H]1CC1(F)F. The van der Waals surface area contributed by atoms with E-state index in [-0.39, 0.29) is 12.8 Å². The highest BCUT2D eigenvalue weighted by Crippen LogP contribution is 2.72. The molecule has 0 spiro atoms. The van der Waals surface area contributed by atoms with Gasteiger partial charge in [-0.1, -0.05) is 0 Å². The molecule has 0 radical (unpaired) electrons. The van der Waals surface area contributed by atoms with Crippen LogP contribution in [0.5, 0.6) is 0 Å². The van der Waals surface area contributed by atoms with Crippen molar-refractivity contribution in [3.8, 4) is 0 Å². The summed E-state index contributed by atoms with van der Waals surface area (Å²) in [6.45, 7) is 0. The third-order valence-corrected chi connectivity index (χ3v) is 5.88. The molecule has 9 heteroatoms. The molecule has 0 nitrogen and oxygen atoms in total. The van der Waals surface area contributed by atoms with Crippen molar-refractivity contribution in [3.63, 3.8) is 0 Å². The van der Waals surface area contributed by atoms with E-state index >= 15 is 0 Å². The summed E-state index contributed by atoms with van der Waals surface area (Å²) in [7, 11) is 0. The first kappa shape index (κ1) is 18.2. The fourth-order valence-corrected chi connectivity index (χ4v) is 4.19. The Morgan fingerprint density at radius 1 is 0.917 bits per heavy atom. The summed E-state index contributed by atoms with van der Waals surface area (Å²) in [5.74, 6) is -9.54. The van der Waals surface area contributed by atoms with Gasteiger partial charge in [0, 0.05) is 31.1 Å². The van der Waals surface area contributed by atoms with Crippen LogP contribution in [0, 0.1) is 22.7 Å². The highest BCUT2D eigenvalue weighted by Gasteiger charge is 2.74. The summed E-state index contributed by atoms with van der Waals surface area (Å²) in [6.07, 6.45) is -12.7. The minimum atomic E-state index is -4.70. The van der Waals surface area contributed by atoms with Crippen LogP contribution in [0.15, 0.2) is 0 Å². The van der Waals surface area contributed by atoms with Crippen LogP contribution in [-0.2, 0) is 0 Å². The highest BCUT2D eigenvalue weighted by atomic mass is 19.4. The van der Waals surface area contributed by atoms with Crippen LogP contribution in [0.2, 0.25) is 0 Å². The van der Waals surface area contributed by atoms with Gasteiger partial charge in [-0.05, 0) is 31.1 Å². The van der Waals surface area contributed by atoms with Gasteiger partial charge in [-0.25, -0.2) is 26.3 Å². The van der Waals surface area contributed by atoms with Crippen LogP contribution in [0.4, 0.5) is 39.5 Å². The summed E-state index contributed by atoms with van der Waals surface area (Å²) in [4.78, 5) is 0. The van der Waals surface area contributed by atoms with Crippen LogP contribution in [0.1, 0.15) is 44.9 Å². The van der Waals surface area contributed by atoms with Crippen molar-refractivity contribution in [2.75, 3.05) is 0 Å². The summed E-state index contributed by atoms with van der Waals surface area (Å²) < 4.78 is 119. The van der Waals surface area contributed by atoms with E-state index in [1.54, 1.807) is 0 Å². The van der Waals surface area contributed by atoms with Gasteiger partial charge in [-0.15, -0.1) is 0 Å². The largest absolute Gasteiger partial charge is 0.394 e. The van der Waals surface area contributed by atoms with E-state index in [0.29, 0.717) is 0 Å². The van der Waals surface area contributed by atoms with E-state index in [4.69, 9.17) is 0 Å². The number of hydrogen-bond donors (Lipinski definition) is 0. The third-order valence-electron chi connectivity index (χ3n) is 5.88. The van der Waals surface area contributed by atoms with Gasteiger partial charge in [0.1, 0.15) is 0 Å². The van der Waals surface area contributed by atoms with Gasteiger partial charge in [0.05, 0.1) is 5.41 Å². The Morgan fingerprint density at radius 3 is 1.71 bits per heavy atom. The molecule has 3 aliphatic carbocycles. The molecule has 140 valence electrons. The molecule has 0 N–H and O–H groups in total. The Bertz CT molecular complexity index is 506. The molecular weight excluding hydrogens is 351 g/mol. The Morgan fingerprint density at radius 2 is 1.42 bits per heavy atom.